The van der Waals surface area contributed by atoms with Gasteiger partial charge in [0, 0.05) is 13.0 Å². The van der Waals surface area contributed by atoms with Crippen molar-refractivity contribution < 1.29 is 26.9 Å². The number of hydrogen-bond acceptors (Lipinski definition) is 4. The first kappa shape index (κ1) is 21.8. The smallest absolute Gasteiger partial charge is 0.265 e. The van der Waals surface area contributed by atoms with Crippen molar-refractivity contribution in [2.45, 2.75) is 40.0 Å². The van der Waals surface area contributed by atoms with E-state index in [9.17, 15) is 8.42 Å². The van der Waals surface area contributed by atoms with Gasteiger partial charge in [-0.3, -0.25) is 4.55 Å². The van der Waals surface area contributed by atoms with Gasteiger partial charge < -0.3 is 14.0 Å². The molecule has 0 aliphatic heterocycles. The molecular weight excluding hydrogens is 306 g/mol. The molecule has 0 atom stereocenters. The molecule has 7 heteroatoms. The first-order valence-corrected chi connectivity index (χ1v) is 9.95. The van der Waals surface area contributed by atoms with Crippen LogP contribution in [0.15, 0.2) is 0 Å². The molecule has 134 valence electrons. The Bertz CT molecular complexity index is 353. The highest BCUT2D eigenvalue weighted by Gasteiger charge is 2.25. The Morgan fingerprint density at radius 2 is 1.45 bits per heavy atom. The van der Waals surface area contributed by atoms with Crippen molar-refractivity contribution in [1.82, 2.24) is 0 Å². The maximum atomic E-state index is 10.9. The average molecular weight is 341 g/mol. The molecule has 0 saturated carbocycles. The molecule has 0 aromatic heterocycles. The molecule has 0 radical (unpaired) electrons. The molecule has 0 aromatic rings. The Balaban J connectivity index is 4.37. The summed E-state index contributed by atoms with van der Waals surface area (Å²) in [6.45, 7) is 12.4. The van der Waals surface area contributed by atoms with E-state index in [0.717, 1.165) is 43.5 Å². The van der Waals surface area contributed by atoms with E-state index in [1.54, 1.807) is 0 Å². The van der Waals surface area contributed by atoms with Gasteiger partial charge in [-0.2, -0.15) is 8.42 Å². The monoisotopic (exact) mass is 340 g/mol. The second-order valence-corrected chi connectivity index (χ2v) is 7.26. The fourth-order valence-electron chi connectivity index (χ4n) is 2.82. The van der Waals surface area contributed by atoms with Crippen LogP contribution in [0.25, 0.3) is 0 Å². The topological polar surface area (TPSA) is 72.8 Å². The van der Waals surface area contributed by atoms with Crippen molar-refractivity contribution in [2.75, 3.05) is 58.4 Å². The van der Waals surface area contributed by atoms with Crippen LogP contribution >= 0.6 is 0 Å². The van der Waals surface area contributed by atoms with Crippen molar-refractivity contribution >= 4 is 10.1 Å². The van der Waals surface area contributed by atoms with Crippen LogP contribution in [0.4, 0.5) is 0 Å². The van der Waals surface area contributed by atoms with Gasteiger partial charge in [0.05, 0.1) is 45.2 Å². The Morgan fingerprint density at radius 3 is 1.95 bits per heavy atom. The minimum atomic E-state index is -3.87. The molecule has 0 amide bonds. The van der Waals surface area contributed by atoms with Gasteiger partial charge in [0.2, 0.25) is 0 Å². The summed E-state index contributed by atoms with van der Waals surface area (Å²) in [5.74, 6) is -0.161. The highest BCUT2D eigenvalue weighted by atomic mass is 32.2. The average Bonchev–Trinajstić information content (AvgIpc) is 2.42. The molecule has 0 aliphatic rings. The Hall–Kier alpha value is -0.210. The van der Waals surface area contributed by atoms with Gasteiger partial charge in [0.25, 0.3) is 10.1 Å². The van der Waals surface area contributed by atoms with Crippen LogP contribution in [0.3, 0.4) is 0 Å². The first-order valence-electron chi connectivity index (χ1n) is 8.35. The van der Waals surface area contributed by atoms with Gasteiger partial charge in [0.15, 0.2) is 0 Å². The maximum absolute atomic E-state index is 10.9. The number of hydrogen-bond donors (Lipinski definition) is 1. The number of rotatable bonds is 15. The van der Waals surface area contributed by atoms with Gasteiger partial charge >= 0.3 is 0 Å². The Morgan fingerprint density at radius 1 is 0.864 bits per heavy atom. The largest absolute Gasteiger partial charge is 0.379 e. The molecule has 0 aliphatic carbocycles. The zero-order valence-corrected chi connectivity index (χ0v) is 15.2. The van der Waals surface area contributed by atoms with Crippen LogP contribution in [-0.4, -0.2) is 75.8 Å². The number of ether oxygens (including phenoxy) is 2. The van der Waals surface area contributed by atoms with Crippen LogP contribution < -0.4 is 0 Å². The van der Waals surface area contributed by atoms with Gasteiger partial charge in [-0.1, -0.05) is 13.8 Å². The van der Waals surface area contributed by atoms with Crippen molar-refractivity contribution in [2.24, 2.45) is 0 Å². The summed E-state index contributed by atoms with van der Waals surface area (Å²) >= 11 is 0. The Labute approximate surface area is 136 Å². The lowest BCUT2D eigenvalue weighted by Crippen LogP contribution is -2.52. The zero-order chi connectivity index (χ0) is 16.9. The van der Waals surface area contributed by atoms with Crippen LogP contribution in [0.1, 0.15) is 40.0 Å². The molecule has 0 saturated heterocycles. The van der Waals surface area contributed by atoms with Gasteiger partial charge in [-0.25, -0.2) is 0 Å². The summed E-state index contributed by atoms with van der Waals surface area (Å²) < 4.78 is 42.4. The minimum Gasteiger partial charge on any atom is -0.379 e. The molecular formula is C15H34NO5S+. The van der Waals surface area contributed by atoms with E-state index < -0.39 is 10.1 Å². The first-order chi connectivity index (χ1) is 10.4. The van der Waals surface area contributed by atoms with E-state index in [-0.39, 0.29) is 5.75 Å². The molecule has 0 rings (SSSR count). The van der Waals surface area contributed by atoms with E-state index in [2.05, 4.69) is 13.8 Å². The predicted octanol–water partition coefficient (Wildman–Crippen LogP) is 1.95. The third-order valence-corrected chi connectivity index (χ3v) is 4.52. The van der Waals surface area contributed by atoms with Crippen LogP contribution in [0, 0.1) is 0 Å². The molecule has 0 spiro atoms. The minimum absolute atomic E-state index is 0.161. The standard InChI is InChI=1S/C15H33NO5S/c1-4-8-16(9-5-2,10-7-15-22(17,18)19)11-12-21-14-13-20-6-3/h4-15H2,1-3H3/p+1. The van der Waals surface area contributed by atoms with Crippen LogP contribution in [-0.2, 0) is 19.6 Å². The number of nitrogens with zero attached hydrogens (tertiary/aromatic N) is 1. The fraction of sp³-hybridized carbons (Fsp3) is 1.00. The lowest BCUT2D eigenvalue weighted by Gasteiger charge is -2.38. The predicted molar refractivity (Wildman–Crippen MR) is 88.7 cm³/mol. The molecule has 22 heavy (non-hydrogen) atoms. The van der Waals surface area contributed by atoms with Gasteiger partial charge in [-0.05, 0) is 19.8 Å². The molecule has 1 N–H and O–H groups in total. The summed E-state index contributed by atoms with van der Waals surface area (Å²) in [5.41, 5.74) is 0. The van der Waals surface area contributed by atoms with Crippen LogP contribution in [0.5, 0.6) is 0 Å². The summed E-state index contributed by atoms with van der Waals surface area (Å²) in [6.07, 6.45) is 2.58. The lowest BCUT2D eigenvalue weighted by atomic mass is 10.2. The van der Waals surface area contributed by atoms with Crippen molar-refractivity contribution in [3.05, 3.63) is 0 Å². The quantitative estimate of drug-likeness (QED) is 0.280. The Kier molecular flexibility index (Phi) is 12.1. The van der Waals surface area contributed by atoms with E-state index >= 15 is 0 Å². The number of quaternary nitrogens is 1. The van der Waals surface area contributed by atoms with E-state index in [1.807, 2.05) is 6.92 Å². The second kappa shape index (κ2) is 12.2. The molecule has 0 fully saturated rings. The maximum Gasteiger partial charge on any atom is 0.265 e. The highest BCUT2D eigenvalue weighted by Crippen LogP contribution is 2.12. The van der Waals surface area contributed by atoms with Crippen LogP contribution in [0.2, 0.25) is 0 Å². The zero-order valence-electron chi connectivity index (χ0n) is 14.4. The molecule has 0 unspecified atom stereocenters. The second-order valence-electron chi connectivity index (χ2n) is 5.68. The normalized spacial score (nSPS) is 12.7. The highest BCUT2D eigenvalue weighted by molar-refractivity contribution is 7.85. The van der Waals surface area contributed by atoms with Crippen molar-refractivity contribution in [1.29, 1.82) is 0 Å². The summed E-state index contributed by atoms with van der Waals surface area (Å²) in [6, 6.07) is 0. The third kappa shape index (κ3) is 11.4. The molecule has 0 bridgehead atoms. The van der Waals surface area contributed by atoms with E-state index in [0.29, 0.717) is 32.8 Å². The summed E-state index contributed by atoms with van der Waals surface area (Å²) in [7, 11) is -3.87. The molecule has 6 nitrogen and oxygen atoms in total. The van der Waals surface area contributed by atoms with Gasteiger partial charge in [-0.15, -0.1) is 0 Å². The molecule has 0 heterocycles. The fourth-order valence-corrected chi connectivity index (χ4v) is 3.32. The SMILES string of the molecule is CCC[N+](CCC)(CCCS(=O)(=O)O)CCOCCOCC. The molecule has 0 aromatic carbocycles. The lowest BCUT2D eigenvalue weighted by molar-refractivity contribution is -0.928. The van der Waals surface area contributed by atoms with Crippen molar-refractivity contribution in [3.63, 3.8) is 0 Å². The van der Waals surface area contributed by atoms with E-state index in [1.165, 1.54) is 0 Å². The summed E-state index contributed by atoms with van der Waals surface area (Å²) in [5, 5.41) is 0. The van der Waals surface area contributed by atoms with Crippen molar-refractivity contribution in [3.8, 4) is 0 Å². The summed E-state index contributed by atoms with van der Waals surface area (Å²) in [4.78, 5) is 0. The van der Waals surface area contributed by atoms with E-state index in [4.69, 9.17) is 14.0 Å². The third-order valence-electron chi connectivity index (χ3n) is 3.72. The van der Waals surface area contributed by atoms with Gasteiger partial charge in [0.1, 0.15) is 6.54 Å².